The Labute approximate surface area is 245 Å². The van der Waals surface area contributed by atoms with E-state index >= 15 is 0 Å². The fourth-order valence-corrected chi connectivity index (χ4v) is 5.88. The quantitative estimate of drug-likeness (QED) is 0.280. The van der Waals surface area contributed by atoms with E-state index in [1.165, 1.54) is 25.7 Å². The third-order valence-electron chi connectivity index (χ3n) is 7.93. The molecule has 1 aliphatic carbocycles. The van der Waals surface area contributed by atoms with Crippen molar-refractivity contribution in [2.45, 2.75) is 64.5 Å². The van der Waals surface area contributed by atoms with Crippen LogP contribution in [0.25, 0.3) is 22.5 Å². The summed E-state index contributed by atoms with van der Waals surface area (Å²) in [7, 11) is 1.66. The molecule has 0 atom stereocenters. The van der Waals surface area contributed by atoms with Gasteiger partial charge >= 0.3 is 6.09 Å². The molecule has 1 N–H and O–H groups in total. The molecular weight excluding hydrogens is 534 g/mol. The van der Waals surface area contributed by atoms with Gasteiger partial charge in [-0.15, -0.1) is 0 Å². The van der Waals surface area contributed by atoms with Gasteiger partial charge in [-0.1, -0.05) is 19.3 Å². The topological polar surface area (TPSA) is 111 Å². The summed E-state index contributed by atoms with van der Waals surface area (Å²) in [6.07, 6.45) is 10.7. The van der Waals surface area contributed by atoms with E-state index in [0.717, 1.165) is 46.7 Å². The number of aromatic nitrogens is 4. The van der Waals surface area contributed by atoms with Gasteiger partial charge in [0, 0.05) is 55.6 Å². The molecule has 1 saturated carbocycles. The Hall–Kier alpha value is -4.28. The van der Waals surface area contributed by atoms with Crippen molar-refractivity contribution >= 4 is 34.4 Å². The maximum atomic E-state index is 12.5. The number of piperazine rings is 1. The van der Waals surface area contributed by atoms with E-state index in [4.69, 9.17) is 18.9 Å². The smallest absolute Gasteiger partial charge is 0.410 e. The maximum Gasteiger partial charge on any atom is 0.410 e. The number of nitrogens with zero attached hydrogens (tertiary/aromatic N) is 6. The number of carbonyl (C=O) groups is 1. The minimum Gasteiger partial charge on any atom is -0.494 e. The Morgan fingerprint density at radius 3 is 2.52 bits per heavy atom. The highest BCUT2D eigenvalue weighted by molar-refractivity contribution is 5.84. The van der Waals surface area contributed by atoms with E-state index in [2.05, 4.69) is 36.9 Å². The zero-order valence-corrected chi connectivity index (χ0v) is 24.8. The predicted molar refractivity (Wildman–Crippen MR) is 161 cm³/mol. The SMILES string of the molecule is COc1cc(N2CCN(C(=O)OC(C)(C)C)CC2)ccc1Nc1ncc2cc(-c3cnco3)n(C3CCCCC3)c2n1. The molecule has 0 spiro atoms. The number of hydrogen-bond donors (Lipinski definition) is 1. The molecule has 1 aromatic carbocycles. The third-order valence-corrected chi connectivity index (χ3v) is 7.93. The van der Waals surface area contributed by atoms with Crippen molar-refractivity contribution in [3.8, 4) is 17.2 Å². The number of rotatable bonds is 6. The number of hydrogen-bond acceptors (Lipinski definition) is 9. The molecule has 6 rings (SSSR count). The van der Waals surface area contributed by atoms with E-state index in [1.54, 1.807) is 18.2 Å². The Morgan fingerprint density at radius 2 is 1.83 bits per heavy atom. The Kier molecular flexibility index (Phi) is 7.66. The van der Waals surface area contributed by atoms with Crippen molar-refractivity contribution in [2.75, 3.05) is 43.5 Å². The lowest BCUT2D eigenvalue weighted by atomic mass is 9.95. The molecule has 0 radical (unpaired) electrons. The molecule has 4 aromatic rings. The zero-order chi connectivity index (χ0) is 29.3. The summed E-state index contributed by atoms with van der Waals surface area (Å²) in [5.41, 5.74) is 3.16. The molecule has 222 valence electrons. The highest BCUT2D eigenvalue weighted by Crippen LogP contribution is 2.38. The molecule has 42 heavy (non-hydrogen) atoms. The van der Waals surface area contributed by atoms with Gasteiger partial charge in [0.15, 0.2) is 12.2 Å². The zero-order valence-electron chi connectivity index (χ0n) is 24.8. The molecule has 11 heteroatoms. The molecular formula is C31H39N7O4. The van der Waals surface area contributed by atoms with E-state index in [9.17, 15) is 4.79 Å². The summed E-state index contributed by atoms with van der Waals surface area (Å²) in [6.45, 7) is 8.27. The highest BCUT2D eigenvalue weighted by atomic mass is 16.6. The van der Waals surface area contributed by atoms with Gasteiger partial charge in [0.2, 0.25) is 5.95 Å². The average molecular weight is 574 g/mol. The molecule has 1 amide bonds. The predicted octanol–water partition coefficient (Wildman–Crippen LogP) is 6.40. The van der Waals surface area contributed by atoms with Gasteiger partial charge in [-0.3, -0.25) is 0 Å². The lowest BCUT2D eigenvalue weighted by molar-refractivity contribution is 0.0240. The molecule has 4 heterocycles. The summed E-state index contributed by atoms with van der Waals surface area (Å²) in [5, 5.41) is 4.34. The second-order valence-corrected chi connectivity index (χ2v) is 12.0. The Bertz CT molecular complexity index is 1530. The highest BCUT2D eigenvalue weighted by Gasteiger charge is 2.27. The van der Waals surface area contributed by atoms with Crippen LogP contribution in [0.3, 0.4) is 0 Å². The fourth-order valence-electron chi connectivity index (χ4n) is 5.88. The molecule has 2 aliphatic rings. The van der Waals surface area contributed by atoms with Crippen LogP contribution in [0.5, 0.6) is 5.75 Å². The van der Waals surface area contributed by atoms with Crippen LogP contribution in [0.2, 0.25) is 0 Å². The number of anilines is 3. The van der Waals surface area contributed by atoms with Gasteiger partial charge < -0.3 is 33.6 Å². The van der Waals surface area contributed by atoms with Crippen LogP contribution in [0.1, 0.15) is 58.9 Å². The summed E-state index contributed by atoms with van der Waals surface area (Å²) in [6, 6.07) is 8.49. The third kappa shape index (κ3) is 5.86. The van der Waals surface area contributed by atoms with Gasteiger partial charge in [-0.25, -0.2) is 14.8 Å². The number of amides is 1. The summed E-state index contributed by atoms with van der Waals surface area (Å²) in [5.74, 6) is 1.92. The Balaban J connectivity index is 1.21. The summed E-state index contributed by atoms with van der Waals surface area (Å²) < 4.78 is 19.3. The van der Waals surface area contributed by atoms with Crippen LogP contribution < -0.4 is 15.0 Å². The van der Waals surface area contributed by atoms with Crippen LogP contribution in [0.4, 0.5) is 22.1 Å². The normalized spacial score (nSPS) is 16.6. The molecule has 0 bridgehead atoms. The first-order valence-corrected chi connectivity index (χ1v) is 14.7. The lowest BCUT2D eigenvalue weighted by Gasteiger charge is -2.37. The largest absolute Gasteiger partial charge is 0.494 e. The van der Waals surface area contributed by atoms with Gasteiger partial charge in [0.1, 0.15) is 17.0 Å². The van der Waals surface area contributed by atoms with Gasteiger partial charge in [0.25, 0.3) is 0 Å². The number of oxazole rings is 1. The first kappa shape index (κ1) is 27.9. The van der Waals surface area contributed by atoms with Crippen molar-refractivity contribution in [2.24, 2.45) is 0 Å². The number of nitrogens with one attached hydrogen (secondary N) is 1. The van der Waals surface area contributed by atoms with E-state index in [0.29, 0.717) is 43.9 Å². The Morgan fingerprint density at radius 1 is 1.05 bits per heavy atom. The second kappa shape index (κ2) is 11.5. The van der Waals surface area contributed by atoms with E-state index < -0.39 is 5.60 Å². The van der Waals surface area contributed by atoms with E-state index in [1.807, 2.05) is 39.1 Å². The number of carbonyl (C=O) groups excluding carboxylic acids is 1. The standard InChI is InChI=1S/C31H39N7O4/c1-31(2,3)42-30(39)37-14-12-36(13-15-37)23-10-11-24(26(17-23)40-4)34-29-33-18-21-16-25(27-19-32-20-41-27)38(28(21)35-29)22-8-6-5-7-9-22/h10-11,16-20,22H,5-9,12-15H2,1-4H3,(H,33,34,35). The molecule has 11 nitrogen and oxygen atoms in total. The van der Waals surface area contributed by atoms with E-state index in [-0.39, 0.29) is 6.09 Å². The number of methoxy groups -OCH3 is 1. The molecule has 1 aliphatic heterocycles. The van der Waals surface area contributed by atoms with Gasteiger partial charge in [-0.2, -0.15) is 4.98 Å². The summed E-state index contributed by atoms with van der Waals surface area (Å²) >= 11 is 0. The molecule has 0 unspecified atom stereocenters. The van der Waals surface area contributed by atoms with Crippen molar-refractivity contribution in [3.05, 3.63) is 43.1 Å². The maximum absolute atomic E-state index is 12.5. The van der Waals surface area contributed by atoms with Crippen LogP contribution in [0.15, 0.2) is 47.5 Å². The molecule has 1 saturated heterocycles. The number of ether oxygens (including phenoxy) is 2. The molecule has 2 fully saturated rings. The van der Waals surface area contributed by atoms with Crippen molar-refractivity contribution in [1.29, 1.82) is 0 Å². The first-order valence-electron chi connectivity index (χ1n) is 14.7. The average Bonchev–Trinajstić information content (AvgIpc) is 3.65. The fraction of sp³-hybridized carbons (Fsp3) is 0.484. The van der Waals surface area contributed by atoms with Crippen LogP contribution >= 0.6 is 0 Å². The van der Waals surface area contributed by atoms with Crippen LogP contribution in [0, 0.1) is 0 Å². The minimum atomic E-state index is -0.503. The van der Waals surface area contributed by atoms with Gasteiger partial charge in [0.05, 0.1) is 24.7 Å². The summed E-state index contributed by atoms with van der Waals surface area (Å²) in [4.78, 5) is 30.2. The first-order chi connectivity index (χ1) is 20.3. The van der Waals surface area contributed by atoms with Crippen LogP contribution in [-0.2, 0) is 4.74 Å². The minimum absolute atomic E-state index is 0.265. The lowest BCUT2D eigenvalue weighted by Crippen LogP contribution is -2.50. The van der Waals surface area contributed by atoms with Crippen molar-refractivity contribution in [1.82, 2.24) is 24.4 Å². The molecule has 3 aromatic heterocycles. The van der Waals surface area contributed by atoms with Crippen molar-refractivity contribution in [3.63, 3.8) is 0 Å². The van der Waals surface area contributed by atoms with Crippen LogP contribution in [-0.4, -0.2) is 69.4 Å². The van der Waals surface area contributed by atoms with Gasteiger partial charge in [-0.05, 0) is 51.8 Å². The number of benzene rings is 1. The second-order valence-electron chi connectivity index (χ2n) is 12.0. The number of fused-ring (bicyclic) bond motifs is 1. The van der Waals surface area contributed by atoms with Crippen molar-refractivity contribution < 1.29 is 18.7 Å². The monoisotopic (exact) mass is 573 g/mol.